The van der Waals surface area contributed by atoms with Gasteiger partial charge in [0.2, 0.25) is 0 Å². The van der Waals surface area contributed by atoms with Crippen molar-refractivity contribution in [2.45, 2.75) is 46.1 Å². The molecule has 0 spiro atoms. The third-order valence-corrected chi connectivity index (χ3v) is 3.50. The Bertz CT molecular complexity index is 354. The van der Waals surface area contributed by atoms with Gasteiger partial charge < -0.3 is 10.4 Å². The van der Waals surface area contributed by atoms with E-state index in [9.17, 15) is 5.11 Å². The first kappa shape index (κ1) is 14.2. The third-order valence-electron chi connectivity index (χ3n) is 3.20. The standard InChI is InChI=1S/C14H22ClNO/c1-4-10(3)8-11(5-2)16-12-6-7-14(17)13(15)9-12/h6-7,9-11,16-17H,4-5,8H2,1-3H3. The molecule has 96 valence electrons. The minimum Gasteiger partial charge on any atom is -0.506 e. The summed E-state index contributed by atoms with van der Waals surface area (Å²) in [6.07, 6.45) is 3.45. The fourth-order valence-electron chi connectivity index (χ4n) is 1.81. The molecule has 2 unspecified atom stereocenters. The van der Waals surface area contributed by atoms with E-state index in [-0.39, 0.29) is 5.75 Å². The zero-order valence-electron chi connectivity index (χ0n) is 10.8. The van der Waals surface area contributed by atoms with Gasteiger partial charge in [-0.15, -0.1) is 0 Å². The first-order valence-electron chi connectivity index (χ1n) is 6.31. The van der Waals surface area contributed by atoms with E-state index < -0.39 is 0 Å². The predicted molar refractivity (Wildman–Crippen MR) is 74.9 cm³/mol. The van der Waals surface area contributed by atoms with Crippen molar-refractivity contribution in [2.24, 2.45) is 5.92 Å². The molecule has 2 N–H and O–H groups in total. The molecule has 0 bridgehead atoms. The van der Waals surface area contributed by atoms with Crippen molar-refractivity contribution in [3.8, 4) is 5.75 Å². The van der Waals surface area contributed by atoms with E-state index >= 15 is 0 Å². The maximum Gasteiger partial charge on any atom is 0.134 e. The van der Waals surface area contributed by atoms with Gasteiger partial charge in [0.05, 0.1) is 5.02 Å². The second-order valence-corrected chi connectivity index (χ2v) is 5.07. The average molecular weight is 256 g/mol. The predicted octanol–water partition coefficient (Wildman–Crippen LogP) is 4.67. The Hall–Kier alpha value is -0.890. The average Bonchev–Trinajstić information content (AvgIpc) is 2.32. The number of hydrogen-bond acceptors (Lipinski definition) is 2. The van der Waals surface area contributed by atoms with Gasteiger partial charge in [0.25, 0.3) is 0 Å². The van der Waals surface area contributed by atoms with Crippen LogP contribution < -0.4 is 5.32 Å². The molecule has 0 saturated heterocycles. The Morgan fingerprint density at radius 1 is 1.29 bits per heavy atom. The number of benzene rings is 1. The van der Waals surface area contributed by atoms with Gasteiger partial charge in [-0.1, -0.05) is 38.8 Å². The molecule has 0 radical (unpaired) electrons. The lowest BCUT2D eigenvalue weighted by atomic mass is 9.97. The van der Waals surface area contributed by atoms with Crippen molar-refractivity contribution in [3.05, 3.63) is 23.2 Å². The Morgan fingerprint density at radius 3 is 2.53 bits per heavy atom. The maximum atomic E-state index is 9.36. The lowest BCUT2D eigenvalue weighted by Gasteiger charge is -2.21. The minimum atomic E-state index is 0.132. The monoisotopic (exact) mass is 255 g/mol. The van der Waals surface area contributed by atoms with Gasteiger partial charge in [-0.05, 0) is 37.0 Å². The van der Waals surface area contributed by atoms with Gasteiger partial charge in [0.15, 0.2) is 0 Å². The summed E-state index contributed by atoms with van der Waals surface area (Å²) in [5.74, 6) is 0.854. The van der Waals surface area contributed by atoms with E-state index in [1.54, 1.807) is 12.1 Å². The van der Waals surface area contributed by atoms with E-state index in [2.05, 4.69) is 26.1 Å². The molecule has 0 saturated carbocycles. The zero-order valence-corrected chi connectivity index (χ0v) is 11.6. The fraction of sp³-hybridized carbons (Fsp3) is 0.571. The molecule has 2 nitrogen and oxygen atoms in total. The number of phenols is 1. The summed E-state index contributed by atoms with van der Waals surface area (Å²) < 4.78 is 0. The number of anilines is 1. The van der Waals surface area contributed by atoms with Crippen LogP contribution in [-0.2, 0) is 0 Å². The van der Waals surface area contributed by atoms with Crippen LogP contribution in [0.25, 0.3) is 0 Å². The summed E-state index contributed by atoms with van der Waals surface area (Å²) in [6.45, 7) is 6.67. The SMILES string of the molecule is CCC(C)CC(CC)Nc1ccc(O)c(Cl)c1. The fourth-order valence-corrected chi connectivity index (χ4v) is 1.99. The van der Waals surface area contributed by atoms with Crippen LogP contribution in [0.1, 0.15) is 40.0 Å². The Labute approximate surface area is 109 Å². The third kappa shape index (κ3) is 4.47. The van der Waals surface area contributed by atoms with Gasteiger partial charge in [-0.25, -0.2) is 0 Å². The Morgan fingerprint density at radius 2 is 2.00 bits per heavy atom. The van der Waals surface area contributed by atoms with Gasteiger partial charge in [0.1, 0.15) is 5.75 Å². The second-order valence-electron chi connectivity index (χ2n) is 4.66. The summed E-state index contributed by atoms with van der Waals surface area (Å²) >= 11 is 5.88. The molecule has 0 amide bonds. The van der Waals surface area contributed by atoms with Crippen molar-refractivity contribution < 1.29 is 5.11 Å². The highest BCUT2D eigenvalue weighted by molar-refractivity contribution is 6.32. The summed E-state index contributed by atoms with van der Waals surface area (Å²) in [5.41, 5.74) is 0.975. The molecule has 1 aromatic rings. The van der Waals surface area contributed by atoms with E-state index in [0.717, 1.165) is 24.4 Å². The molecular weight excluding hydrogens is 234 g/mol. The number of nitrogens with one attached hydrogen (secondary N) is 1. The molecule has 3 heteroatoms. The number of halogens is 1. The van der Waals surface area contributed by atoms with Crippen LogP contribution in [0.3, 0.4) is 0 Å². The molecule has 1 rings (SSSR count). The largest absolute Gasteiger partial charge is 0.506 e. The number of phenolic OH excluding ortho intramolecular Hbond substituents is 1. The van der Waals surface area contributed by atoms with Crippen molar-refractivity contribution in [1.29, 1.82) is 0 Å². The molecule has 0 aliphatic heterocycles. The summed E-state index contributed by atoms with van der Waals surface area (Å²) in [5, 5.41) is 13.2. The Balaban J connectivity index is 2.63. The van der Waals surface area contributed by atoms with Crippen LogP contribution >= 0.6 is 11.6 Å². The highest BCUT2D eigenvalue weighted by Gasteiger charge is 2.10. The van der Waals surface area contributed by atoms with E-state index in [4.69, 9.17) is 11.6 Å². The van der Waals surface area contributed by atoms with Crippen LogP contribution in [0.15, 0.2) is 18.2 Å². The van der Waals surface area contributed by atoms with Crippen molar-refractivity contribution in [1.82, 2.24) is 0 Å². The van der Waals surface area contributed by atoms with E-state index in [1.165, 1.54) is 6.42 Å². The summed E-state index contributed by atoms with van der Waals surface area (Å²) in [6, 6.07) is 5.72. The highest BCUT2D eigenvalue weighted by Crippen LogP contribution is 2.27. The topological polar surface area (TPSA) is 32.3 Å². The second kappa shape index (κ2) is 6.75. The molecule has 2 atom stereocenters. The van der Waals surface area contributed by atoms with Gasteiger partial charge >= 0.3 is 0 Å². The lowest BCUT2D eigenvalue weighted by Crippen LogP contribution is -2.21. The molecule has 0 aromatic heterocycles. The first-order chi connectivity index (χ1) is 8.06. The molecule has 0 fully saturated rings. The lowest BCUT2D eigenvalue weighted by molar-refractivity contribution is 0.461. The molecule has 17 heavy (non-hydrogen) atoms. The zero-order chi connectivity index (χ0) is 12.8. The maximum absolute atomic E-state index is 9.36. The number of hydrogen-bond donors (Lipinski definition) is 2. The van der Waals surface area contributed by atoms with Crippen molar-refractivity contribution >= 4 is 17.3 Å². The van der Waals surface area contributed by atoms with E-state index in [0.29, 0.717) is 11.1 Å². The molecule has 0 aliphatic carbocycles. The van der Waals surface area contributed by atoms with Crippen LogP contribution in [0, 0.1) is 5.92 Å². The van der Waals surface area contributed by atoms with E-state index in [1.807, 2.05) is 6.07 Å². The molecule has 0 aliphatic rings. The van der Waals surface area contributed by atoms with Crippen LogP contribution in [0.2, 0.25) is 5.02 Å². The van der Waals surface area contributed by atoms with Gasteiger partial charge in [0, 0.05) is 11.7 Å². The smallest absolute Gasteiger partial charge is 0.134 e. The quantitative estimate of drug-likeness (QED) is 0.724. The first-order valence-corrected chi connectivity index (χ1v) is 6.69. The van der Waals surface area contributed by atoms with Crippen LogP contribution in [-0.4, -0.2) is 11.1 Å². The van der Waals surface area contributed by atoms with Gasteiger partial charge in [-0.3, -0.25) is 0 Å². The van der Waals surface area contributed by atoms with Crippen LogP contribution in [0.4, 0.5) is 5.69 Å². The normalized spacial score (nSPS) is 14.4. The summed E-state index contributed by atoms with van der Waals surface area (Å²) in [4.78, 5) is 0. The summed E-state index contributed by atoms with van der Waals surface area (Å²) in [7, 11) is 0. The molecular formula is C14H22ClNO. The van der Waals surface area contributed by atoms with Crippen molar-refractivity contribution in [2.75, 3.05) is 5.32 Å². The highest BCUT2D eigenvalue weighted by atomic mass is 35.5. The Kier molecular flexibility index (Phi) is 5.63. The number of rotatable bonds is 6. The van der Waals surface area contributed by atoms with Gasteiger partial charge in [-0.2, -0.15) is 0 Å². The minimum absolute atomic E-state index is 0.132. The van der Waals surface area contributed by atoms with Crippen molar-refractivity contribution in [3.63, 3.8) is 0 Å². The van der Waals surface area contributed by atoms with Crippen LogP contribution in [0.5, 0.6) is 5.75 Å². The molecule has 1 aromatic carbocycles. The molecule has 0 heterocycles. The number of aromatic hydroxyl groups is 1.